The molecule has 0 spiro atoms. The van der Waals surface area contributed by atoms with Crippen molar-refractivity contribution in [3.05, 3.63) is 18.2 Å². The SMILES string of the molecule is CC(C)c1cncn1CC(N)(C(=O)O)C(Cl)Cl. The summed E-state index contributed by atoms with van der Waals surface area (Å²) in [6.45, 7) is 3.93. The second kappa shape index (κ2) is 5.25. The molecule has 1 unspecified atom stereocenters. The van der Waals surface area contributed by atoms with E-state index in [4.69, 9.17) is 34.0 Å². The van der Waals surface area contributed by atoms with E-state index in [0.29, 0.717) is 0 Å². The standard InChI is InChI=1S/C10H15Cl2N3O2/c1-6(2)7-3-14-5-15(7)4-10(13,8(11)12)9(16)17/h3,5-6,8H,4,13H2,1-2H3,(H,16,17). The van der Waals surface area contributed by atoms with Crippen molar-refractivity contribution < 1.29 is 9.90 Å². The number of carboxylic acid groups (broad SMARTS) is 1. The lowest BCUT2D eigenvalue weighted by Crippen LogP contribution is -2.56. The van der Waals surface area contributed by atoms with Crippen molar-refractivity contribution in [3.63, 3.8) is 0 Å². The Kier molecular flexibility index (Phi) is 4.41. The summed E-state index contributed by atoms with van der Waals surface area (Å²) in [5.74, 6) is -1.03. The number of rotatable bonds is 5. The van der Waals surface area contributed by atoms with Crippen molar-refractivity contribution in [2.45, 2.75) is 36.7 Å². The van der Waals surface area contributed by atoms with Gasteiger partial charge >= 0.3 is 5.97 Å². The quantitative estimate of drug-likeness (QED) is 0.802. The maximum absolute atomic E-state index is 11.1. The summed E-state index contributed by atoms with van der Waals surface area (Å²) >= 11 is 11.3. The number of carboxylic acids is 1. The average molecular weight is 280 g/mol. The van der Waals surface area contributed by atoms with Crippen LogP contribution in [0.25, 0.3) is 0 Å². The molecule has 5 nitrogen and oxygen atoms in total. The number of imidazole rings is 1. The molecule has 0 aliphatic carbocycles. The first-order chi connectivity index (χ1) is 7.79. The second-order valence-corrected chi connectivity index (χ2v) is 5.34. The predicted molar refractivity (Wildman–Crippen MR) is 66.4 cm³/mol. The number of aromatic nitrogens is 2. The Hall–Kier alpha value is -0.780. The fraction of sp³-hybridized carbons (Fsp3) is 0.600. The molecule has 0 aliphatic heterocycles. The minimum atomic E-state index is -1.73. The molecule has 3 N–H and O–H groups in total. The van der Waals surface area contributed by atoms with E-state index in [1.54, 1.807) is 10.8 Å². The Morgan fingerprint density at radius 1 is 1.65 bits per heavy atom. The largest absolute Gasteiger partial charge is 0.480 e. The Balaban J connectivity index is 3.03. The Labute approximate surface area is 110 Å². The van der Waals surface area contributed by atoms with E-state index in [-0.39, 0.29) is 12.5 Å². The van der Waals surface area contributed by atoms with Gasteiger partial charge in [0, 0.05) is 11.9 Å². The van der Waals surface area contributed by atoms with Gasteiger partial charge in [0.15, 0.2) is 5.54 Å². The van der Waals surface area contributed by atoms with Crippen molar-refractivity contribution in [2.75, 3.05) is 0 Å². The highest BCUT2D eigenvalue weighted by Crippen LogP contribution is 2.23. The highest BCUT2D eigenvalue weighted by atomic mass is 35.5. The molecule has 0 aliphatic rings. The molecule has 0 amide bonds. The number of aliphatic carboxylic acids is 1. The molecule has 17 heavy (non-hydrogen) atoms. The number of nitrogens with two attached hydrogens (primary N) is 1. The van der Waals surface area contributed by atoms with Crippen LogP contribution in [-0.2, 0) is 11.3 Å². The molecule has 0 fully saturated rings. The third-order valence-corrected chi connectivity index (χ3v) is 3.33. The van der Waals surface area contributed by atoms with Crippen LogP contribution in [0, 0.1) is 0 Å². The number of nitrogens with zero attached hydrogens (tertiary/aromatic N) is 2. The van der Waals surface area contributed by atoms with Gasteiger partial charge in [-0.3, -0.25) is 4.79 Å². The van der Waals surface area contributed by atoms with Gasteiger partial charge in [-0.2, -0.15) is 0 Å². The average Bonchev–Trinajstić information content (AvgIpc) is 2.64. The van der Waals surface area contributed by atoms with Crippen LogP contribution in [0.5, 0.6) is 0 Å². The van der Waals surface area contributed by atoms with Crippen LogP contribution in [0.15, 0.2) is 12.5 Å². The summed E-state index contributed by atoms with van der Waals surface area (Å²) in [4.78, 5) is 13.9. The minimum absolute atomic E-state index is 0.0203. The van der Waals surface area contributed by atoms with Crippen LogP contribution in [0.1, 0.15) is 25.5 Å². The van der Waals surface area contributed by atoms with Crippen LogP contribution >= 0.6 is 23.2 Å². The van der Waals surface area contributed by atoms with Crippen molar-refractivity contribution in [1.29, 1.82) is 0 Å². The number of alkyl halides is 2. The first kappa shape index (κ1) is 14.3. The van der Waals surface area contributed by atoms with Crippen molar-refractivity contribution in [1.82, 2.24) is 9.55 Å². The lowest BCUT2D eigenvalue weighted by atomic mass is 10.0. The molecule has 0 saturated carbocycles. The van der Waals surface area contributed by atoms with Gasteiger partial charge in [-0.1, -0.05) is 13.8 Å². The lowest BCUT2D eigenvalue weighted by molar-refractivity contribution is -0.143. The molecule has 1 aromatic heterocycles. The van der Waals surface area contributed by atoms with Gasteiger partial charge in [-0.25, -0.2) is 4.98 Å². The zero-order valence-corrected chi connectivity index (χ0v) is 11.1. The zero-order chi connectivity index (χ0) is 13.2. The smallest absolute Gasteiger partial charge is 0.328 e. The van der Waals surface area contributed by atoms with E-state index < -0.39 is 16.3 Å². The molecule has 0 aromatic carbocycles. The van der Waals surface area contributed by atoms with Crippen molar-refractivity contribution in [2.24, 2.45) is 5.73 Å². The van der Waals surface area contributed by atoms with Crippen LogP contribution < -0.4 is 5.73 Å². The topological polar surface area (TPSA) is 81.1 Å². The maximum atomic E-state index is 11.1. The lowest BCUT2D eigenvalue weighted by Gasteiger charge is -2.27. The summed E-state index contributed by atoms with van der Waals surface area (Å²) in [5, 5.41) is 9.10. The van der Waals surface area contributed by atoms with E-state index in [1.165, 1.54) is 6.33 Å². The number of halogens is 2. The molecular formula is C10H15Cl2N3O2. The van der Waals surface area contributed by atoms with Crippen LogP contribution in [0.3, 0.4) is 0 Å². The second-order valence-electron chi connectivity index (χ2n) is 4.25. The van der Waals surface area contributed by atoms with E-state index in [0.717, 1.165) is 5.69 Å². The highest BCUT2D eigenvalue weighted by Gasteiger charge is 2.41. The van der Waals surface area contributed by atoms with Gasteiger partial charge in [0.2, 0.25) is 0 Å². The van der Waals surface area contributed by atoms with Gasteiger partial charge in [-0.05, 0) is 5.92 Å². The third kappa shape index (κ3) is 2.91. The molecule has 96 valence electrons. The molecule has 7 heteroatoms. The molecule has 1 atom stereocenters. The minimum Gasteiger partial charge on any atom is -0.480 e. The van der Waals surface area contributed by atoms with Gasteiger partial charge in [0.05, 0.1) is 12.9 Å². The van der Waals surface area contributed by atoms with E-state index in [9.17, 15) is 4.79 Å². The fourth-order valence-corrected chi connectivity index (χ4v) is 1.78. The number of hydrogen-bond acceptors (Lipinski definition) is 3. The summed E-state index contributed by atoms with van der Waals surface area (Å²) in [7, 11) is 0. The molecule has 1 heterocycles. The zero-order valence-electron chi connectivity index (χ0n) is 9.60. The molecule has 0 bridgehead atoms. The van der Waals surface area contributed by atoms with Gasteiger partial charge in [0.1, 0.15) is 4.84 Å². The summed E-state index contributed by atoms with van der Waals surface area (Å²) in [6, 6.07) is 0. The Morgan fingerprint density at radius 2 is 2.24 bits per heavy atom. The molecule has 0 radical (unpaired) electrons. The predicted octanol–water partition coefficient (Wildman–Crippen LogP) is 1.59. The summed E-state index contributed by atoms with van der Waals surface area (Å²) in [5.41, 5.74) is 4.89. The first-order valence-electron chi connectivity index (χ1n) is 5.09. The highest BCUT2D eigenvalue weighted by molar-refractivity contribution is 6.46. The monoisotopic (exact) mass is 279 g/mol. The summed E-state index contributed by atoms with van der Waals surface area (Å²) in [6.07, 6.45) is 3.19. The molecule has 1 aromatic rings. The summed E-state index contributed by atoms with van der Waals surface area (Å²) < 4.78 is 1.66. The van der Waals surface area contributed by atoms with Crippen LogP contribution in [0.2, 0.25) is 0 Å². The molecule has 0 saturated heterocycles. The van der Waals surface area contributed by atoms with Crippen molar-refractivity contribution >= 4 is 29.2 Å². The van der Waals surface area contributed by atoms with Gasteiger partial charge in [-0.15, -0.1) is 23.2 Å². The fourth-order valence-electron chi connectivity index (χ4n) is 1.46. The van der Waals surface area contributed by atoms with E-state index >= 15 is 0 Å². The maximum Gasteiger partial charge on any atom is 0.328 e. The normalized spacial score (nSPS) is 15.2. The van der Waals surface area contributed by atoms with Crippen molar-refractivity contribution in [3.8, 4) is 0 Å². The number of hydrogen-bond donors (Lipinski definition) is 2. The molecular weight excluding hydrogens is 265 g/mol. The van der Waals surface area contributed by atoms with E-state index in [2.05, 4.69) is 4.98 Å². The van der Waals surface area contributed by atoms with Crippen LogP contribution in [-0.4, -0.2) is 31.0 Å². The third-order valence-electron chi connectivity index (χ3n) is 2.56. The Bertz CT molecular complexity index is 406. The molecule has 1 rings (SSSR count). The number of carbonyl (C=O) groups is 1. The Morgan fingerprint density at radius 3 is 2.65 bits per heavy atom. The van der Waals surface area contributed by atoms with Gasteiger partial charge in [0.25, 0.3) is 0 Å². The van der Waals surface area contributed by atoms with Crippen LogP contribution in [0.4, 0.5) is 0 Å². The van der Waals surface area contributed by atoms with E-state index in [1.807, 2.05) is 13.8 Å². The first-order valence-corrected chi connectivity index (χ1v) is 5.96. The van der Waals surface area contributed by atoms with Gasteiger partial charge < -0.3 is 15.4 Å².